The van der Waals surface area contributed by atoms with Gasteiger partial charge in [0, 0.05) is 27.5 Å². The Morgan fingerprint density at radius 1 is 0.312 bits per heavy atom. The summed E-state index contributed by atoms with van der Waals surface area (Å²) in [6, 6.07) is 53.3. The number of nitrogens with zero attached hydrogens (tertiary/aromatic N) is 3. The van der Waals surface area contributed by atoms with Crippen LogP contribution in [0, 0.1) is 0 Å². The van der Waals surface area contributed by atoms with Crippen LogP contribution in [0.2, 0.25) is 0 Å². The maximum atomic E-state index is 7.28. The maximum absolute atomic E-state index is 7.28. The molecular weight excluding hydrogens is 770 g/mol. The fourth-order valence-corrected chi connectivity index (χ4v) is 8.84. The van der Waals surface area contributed by atoms with Crippen molar-refractivity contribution in [1.29, 1.82) is 0 Å². The topological polar surface area (TPSA) is 51.8 Å². The van der Waals surface area contributed by atoms with E-state index in [0.717, 1.165) is 66.1 Å². The van der Waals surface area contributed by atoms with Gasteiger partial charge in [0.2, 0.25) is 0 Å². The first-order valence-electron chi connectivity index (χ1n) is 20.6. The highest BCUT2D eigenvalue weighted by Crippen LogP contribution is 2.39. The molecule has 11 aromatic rings. The van der Waals surface area contributed by atoms with Gasteiger partial charge in [-0.25, -0.2) is 15.0 Å². The second-order valence-corrected chi connectivity index (χ2v) is 15.9. The second kappa shape index (κ2) is 15.5. The number of fused-ring (bicyclic) bond motifs is 5. The van der Waals surface area contributed by atoms with Gasteiger partial charge in [-0.1, -0.05) is 161 Å². The molecule has 0 amide bonds. The average molecular weight is 796 g/mol. The molecule has 0 aliphatic carbocycles. The number of rotatable bonds is 6. The molecule has 2 aromatic heterocycles. The highest BCUT2D eigenvalue weighted by Gasteiger charge is 2.23. The molecule has 0 aliphatic heterocycles. The van der Waals surface area contributed by atoms with E-state index in [4.69, 9.17) is 74.3 Å². The van der Waals surface area contributed by atoms with Gasteiger partial charge in [0.05, 0.1) is 0 Å². The van der Waals surface area contributed by atoms with Gasteiger partial charge in [-0.05, 0) is 79.2 Å². The second-order valence-electron chi connectivity index (χ2n) is 15.9. The van der Waals surface area contributed by atoms with Crippen molar-refractivity contribution in [3.8, 4) is 67.5 Å². The molecule has 9 aromatic carbocycles. The molecule has 0 bridgehead atoms. The smallest absolute Gasteiger partial charge is 0.164 e. The van der Waals surface area contributed by atoms with Crippen molar-refractivity contribution in [1.82, 2.24) is 15.0 Å². The molecule has 0 atom stereocenters. The molecule has 64 heavy (non-hydrogen) atoms. The summed E-state index contributed by atoms with van der Waals surface area (Å²) in [7, 11) is 47.0. The third-order valence-electron chi connectivity index (χ3n) is 12.1. The molecule has 11 rings (SSSR count). The molecule has 0 fully saturated rings. The Labute approximate surface area is 379 Å². The number of furan rings is 1. The Balaban J connectivity index is 1.16. The normalized spacial score (nSPS) is 11.6. The third-order valence-corrected chi connectivity index (χ3v) is 12.1. The molecule has 11 heteroatoms. The van der Waals surface area contributed by atoms with Crippen molar-refractivity contribution in [2.75, 3.05) is 0 Å². The van der Waals surface area contributed by atoms with E-state index in [-0.39, 0.29) is 43.9 Å². The summed E-state index contributed by atoms with van der Waals surface area (Å²) in [6.07, 6.45) is 0. The van der Waals surface area contributed by atoms with E-state index in [1.165, 1.54) is 0 Å². The monoisotopic (exact) mass is 797 g/mol. The maximum Gasteiger partial charge on any atom is 0.164 e. The standard InChI is InChI=1S/C53H26B7N3O/c54-42-39(43(55)47(59)49-40(42)41-44(56)45(57)46(58)48(60)50(41)64-49)38-26-34(24-31-21-22-32(25-37(31)38)36-20-10-16-27-11-7-8-19-35(27)36)30-17-9-18-33(23-30)53-62-51(28-12-3-1-4-13-28)61-52(63-53)29-14-5-2-6-15-29/h1-26H. The van der Waals surface area contributed by atoms with Crippen LogP contribution in [0.1, 0.15) is 0 Å². The lowest BCUT2D eigenvalue weighted by Crippen LogP contribution is -2.47. The number of hydrogen-bond acceptors (Lipinski definition) is 4. The highest BCUT2D eigenvalue weighted by atomic mass is 16.3. The van der Waals surface area contributed by atoms with Gasteiger partial charge in [0.1, 0.15) is 66.1 Å². The van der Waals surface area contributed by atoms with E-state index < -0.39 is 0 Å². The summed E-state index contributed by atoms with van der Waals surface area (Å²) < 4.78 is 6.27. The summed E-state index contributed by atoms with van der Waals surface area (Å²) in [5.74, 6) is 1.68. The molecule has 0 spiro atoms. The van der Waals surface area contributed by atoms with Gasteiger partial charge in [0.15, 0.2) is 17.5 Å². The summed E-state index contributed by atoms with van der Waals surface area (Å²) >= 11 is 0. The molecular formula is C53H26B7N3O. The molecule has 280 valence electrons. The molecule has 4 nitrogen and oxygen atoms in total. The Bertz CT molecular complexity index is 3640. The molecule has 0 saturated heterocycles. The summed E-state index contributed by atoms with van der Waals surface area (Å²) in [5.41, 5.74) is 9.44. The largest absolute Gasteiger partial charge is 0.457 e. The molecule has 0 aliphatic rings. The minimum absolute atomic E-state index is 0.112. The molecule has 14 radical (unpaired) electrons. The van der Waals surface area contributed by atoms with E-state index in [2.05, 4.69) is 72.8 Å². The van der Waals surface area contributed by atoms with Crippen LogP contribution < -0.4 is 38.2 Å². The number of hydrogen-bond donors (Lipinski definition) is 0. The SMILES string of the molecule is [B]c1c([B])c([B])c2c(oc3c([B])c([B])c(-c4cc(-c5cccc(-c6nc(-c7ccccc7)nc(-c7ccccc7)n6)c5)cc5ccc(-c6cccc7ccccc67)cc45)c([B])c32)c1[B]. The molecule has 2 heterocycles. The van der Waals surface area contributed by atoms with E-state index in [0.29, 0.717) is 39.3 Å². The van der Waals surface area contributed by atoms with Crippen LogP contribution in [-0.2, 0) is 0 Å². The van der Waals surface area contributed by atoms with Gasteiger partial charge >= 0.3 is 0 Å². The van der Waals surface area contributed by atoms with E-state index in [9.17, 15) is 0 Å². The summed E-state index contributed by atoms with van der Waals surface area (Å²) in [6.45, 7) is 0. The highest BCUT2D eigenvalue weighted by molar-refractivity contribution is 6.69. The first kappa shape index (κ1) is 39.6. The van der Waals surface area contributed by atoms with Crippen molar-refractivity contribution in [2.24, 2.45) is 0 Å². The fraction of sp³-hybridized carbons (Fsp3) is 0. The van der Waals surface area contributed by atoms with Crippen molar-refractivity contribution in [3.63, 3.8) is 0 Å². The van der Waals surface area contributed by atoms with Crippen LogP contribution in [0.3, 0.4) is 0 Å². The van der Waals surface area contributed by atoms with Crippen LogP contribution in [0.5, 0.6) is 0 Å². The average Bonchev–Trinajstić information content (AvgIpc) is 3.76. The Kier molecular flexibility index (Phi) is 9.61. The van der Waals surface area contributed by atoms with Gasteiger partial charge in [0.25, 0.3) is 0 Å². The van der Waals surface area contributed by atoms with Crippen molar-refractivity contribution in [3.05, 3.63) is 158 Å². The van der Waals surface area contributed by atoms with E-state index in [1.54, 1.807) is 0 Å². The third kappa shape index (κ3) is 6.44. The van der Waals surface area contributed by atoms with Crippen LogP contribution >= 0.6 is 0 Å². The quantitative estimate of drug-likeness (QED) is 0.205. The zero-order valence-electron chi connectivity index (χ0n) is 34.3. The number of aromatic nitrogens is 3. The van der Waals surface area contributed by atoms with Gasteiger partial charge in [-0.15, -0.1) is 10.9 Å². The van der Waals surface area contributed by atoms with Crippen molar-refractivity contribution >= 4 is 137 Å². The first-order valence-corrected chi connectivity index (χ1v) is 20.6. The van der Waals surface area contributed by atoms with E-state index >= 15 is 0 Å². The van der Waals surface area contributed by atoms with Gasteiger partial charge in [-0.2, -0.15) is 0 Å². The van der Waals surface area contributed by atoms with Crippen LogP contribution in [0.25, 0.3) is 111 Å². The Hall–Kier alpha value is -7.24. The van der Waals surface area contributed by atoms with Crippen LogP contribution in [-0.4, -0.2) is 69.9 Å². The van der Waals surface area contributed by atoms with Crippen LogP contribution in [0.15, 0.2) is 162 Å². The predicted molar refractivity (Wildman–Crippen MR) is 272 cm³/mol. The van der Waals surface area contributed by atoms with E-state index in [1.807, 2.05) is 84.9 Å². The predicted octanol–water partition coefficient (Wildman–Crippen LogP) is 5.64. The minimum atomic E-state index is 0.112. The van der Waals surface area contributed by atoms with Gasteiger partial charge < -0.3 is 4.42 Å². The fourth-order valence-electron chi connectivity index (χ4n) is 8.84. The lowest BCUT2D eigenvalue weighted by atomic mass is 9.64. The van der Waals surface area contributed by atoms with Crippen molar-refractivity contribution < 1.29 is 4.42 Å². The Morgan fingerprint density at radius 2 is 0.859 bits per heavy atom. The lowest BCUT2D eigenvalue weighted by Gasteiger charge is -2.20. The lowest BCUT2D eigenvalue weighted by molar-refractivity contribution is 0.675. The van der Waals surface area contributed by atoms with Gasteiger partial charge in [-0.3, -0.25) is 0 Å². The van der Waals surface area contributed by atoms with Crippen molar-refractivity contribution in [2.45, 2.75) is 0 Å². The minimum Gasteiger partial charge on any atom is -0.457 e. The zero-order chi connectivity index (χ0) is 43.8. The molecule has 0 unspecified atom stereocenters. The summed E-state index contributed by atoms with van der Waals surface area (Å²) in [5, 5.41) is 4.95. The summed E-state index contributed by atoms with van der Waals surface area (Å²) in [4.78, 5) is 14.9. The Morgan fingerprint density at radius 3 is 1.56 bits per heavy atom. The van der Waals surface area contributed by atoms with Crippen LogP contribution in [0.4, 0.5) is 0 Å². The zero-order valence-corrected chi connectivity index (χ0v) is 34.3. The molecule has 0 saturated carbocycles. The first-order chi connectivity index (χ1) is 31.1. The number of benzene rings is 9. The molecule has 0 N–H and O–H groups in total.